The lowest BCUT2D eigenvalue weighted by molar-refractivity contribution is -0.143. The van der Waals surface area contributed by atoms with Crippen molar-refractivity contribution in [2.45, 2.75) is 32.7 Å². The molecule has 0 fully saturated rings. The number of aliphatic carboxylic acids is 1. The first-order chi connectivity index (χ1) is 9.43. The highest BCUT2D eigenvalue weighted by atomic mass is 16.4. The zero-order valence-corrected chi connectivity index (χ0v) is 11.5. The van der Waals surface area contributed by atoms with Gasteiger partial charge in [0.05, 0.1) is 0 Å². The zero-order chi connectivity index (χ0) is 15.1. The van der Waals surface area contributed by atoms with E-state index in [4.69, 9.17) is 5.11 Å². The van der Waals surface area contributed by atoms with Crippen LogP contribution in [-0.4, -0.2) is 28.9 Å². The number of amides is 2. The van der Waals surface area contributed by atoms with Crippen LogP contribution in [0.2, 0.25) is 0 Å². The van der Waals surface area contributed by atoms with Gasteiger partial charge >= 0.3 is 17.8 Å². The summed E-state index contributed by atoms with van der Waals surface area (Å²) in [5.41, 5.74) is 1.51. The molecule has 0 saturated heterocycles. The summed E-state index contributed by atoms with van der Waals surface area (Å²) in [5, 5.41) is 13.5. The van der Waals surface area contributed by atoms with Crippen molar-refractivity contribution in [3.8, 4) is 0 Å². The van der Waals surface area contributed by atoms with Crippen molar-refractivity contribution in [2.24, 2.45) is 0 Å². The van der Waals surface area contributed by atoms with Crippen LogP contribution in [0.1, 0.15) is 25.3 Å². The first-order valence-corrected chi connectivity index (χ1v) is 6.35. The van der Waals surface area contributed by atoms with Gasteiger partial charge in [0.25, 0.3) is 0 Å². The first kappa shape index (κ1) is 15.7. The van der Waals surface area contributed by atoms with E-state index in [0.29, 0.717) is 12.1 Å². The molecule has 0 heterocycles. The van der Waals surface area contributed by atoms with Crippen LogP contribution in [0.25, 0.3) is 0 Å². The molecule has 0 aliphatic carbocycles. The average molecular weight is 278 g/mol. The summed E-state index contributed by atoms with van der Waals surface area (Å²) < 4.78 is 0. The van der Waals surface area contributed by atoms with Crippen molar-refractivity contribution in [3.63, 3.8) is 0 Å². The minimum atomic E-state index is -1.15. The number of anilines is 1. The zero-order valence-electron chi connectivity index (χ0n) is 11.5. The van der Waals surface area contributed by atoms with Crippen LogP contribution in [0, 0.1) is 6.92 Å². The van der Waals surface area contributed by atoms with E-state index in [9.17, 15) is 14.4 Å². The average Bonchev–Trinajstić information content (AvgIpc) is 2.40. The Bertz CT molecular complexity index is 496. The molecule has 0 spiro atoms. The molecule has 1 aromatic rings. The molecule has 0 saturated carbocycles. The Morgan fingerprint density at radius 3 is 2.25 bits per heavy atom. The summed E-state index contributed by atoms with van der Waals surface area (Å²) in [6.45, 7) is 3.70. The van der Waals surface area contributed by atoms with Crippen molar-refractivity contribution in [2.75, 3.05) is 5.32 Å². The van der Waals surface area contributed by atoms with Gasteiger partial charge in [0.15, 0.2) is 0 Å². The van der Waals surface area contributed by atoms with Crippen LogP contribution in [0.4, 0.5) is 5.69 Å². The number of hydrogen-bond donors (Lipinski definition) is 3. The van der Waals surface area contributed by atoms with E-state index in [0.717, 1.165) is 5.56 Å². The summed E-state index contributed by atoms with van der Waals surface area (Å²) >= 11 is 0. The molecule has 0 aromatic heterocycles. The number of benzene rings is 1. The molecular weight excluding hydrogens is 260 g/mol. The summed E-state index contributed by atoms with van der Waals surface area (Å²) in [7, 11) is 0. The van der Waals surface area contributed by atoms with Crippen molar-refractivity contribution in [1.82, 2.24) is 5.32 Å². The Balaban J connectivity index is 2.60. The quantitative estimate of drug-likeness (QED) is 0.707. The molecule has 0 bridgehead atoms. The van der Waals surface area contributed by atoms with Crippen LogP contribution in [0.15, 0.2) is 24.3 Å². The minimum Gasteiger partial charge on any atom is -0.480 e. The topological polar surface area (TPSA) is 95.5 Å². The highest BCUT2D eigenvalue weighted by Gasteiger charge is 2.22. The lowest BCUT2D eigenvalue weighted by atomic mass is 10.1. The maximum absolute atomic E-state index is 11.6. The van der Waals surface area contributed by atoms with Gasteiger partial charge in [-0.1, -0.05) is 31.0 Å². The van der Waals surface area contributed by atoms with Crippen LogP contribution in [0.5, 0.6) is 0 Å². The molecule has 6 heteroatoms. The normalized spacial score (nSPS) is 11.5. The summed E-state index contributed by atoms with van der Waals surface area (Å²) in [4.78, 5) is 34.2. The van der Waals surface area contributed by atoms with E-state index in [1.165, 1.54) is 0 Å². The van der Waals surface area contributed by atoms with Gasteiger partial charge in [-0.2, -0.15) is 0 Å². The molecule has 0 radical (unpaired) electrons. The van der Waals surface area contributed by atoms with E-state index in [1.807, 2.05) is 6.92 Å². The molecule has 6 nitrogen and oxygen atoms in total. The highest BCUT2D eigenvalue weighted by molar-refractivity contribution is 6.40. The Labute approximate surface area is 117 Å². The van der Waals surface area contributed by atoms with Crippen LogP contribution < -0.4 is 10.6 Å². The van der Waals surface area contributed by atoms with E-state index in [-0.39, 0.29) is 6.42 Å². The third-order valence-electron chi connectivity index (χ3n) is 2.70. The molecule has 0 aliphatic rings. The smallest absolute Gasteiger partial charge is 0.326 e. The Morgan fingerprint density at radius 2 is 1.75 bits per heavy atom. The van der Waals surface area contributed by atoms with Crippen molar-refractivity contribution in [1.29, 1.82) is 0 Å². The molecular formula is C14H18N2O4. The molecule has 3 N–H and O–H groups in total. The summed E-state index contributed by atoms with van der Waals surface area (Å²) in [5.74, 6) is -2.98. The lowest BCUT2D eigenvalue weighted by Crippen LogP contribution is -2.45. The van der Waals surface area contributed by atoms with Crippen molar-refractivity contribution in [3.05, 3.63) is 29.8 Å². The largest absolute Gasteiger partial charge is 0.480 e. The maximum Gasteiger partial charge on any atom is 0.326 e. The van der Waals surface area contributed by atoms with Gasteiger partial charge in [-0.25, -0.2) is 4.79 Å². The van der Waals surface area contributed by atoms with Crippen LogP contribution in [-0.2, 0) is 14.4 Å². The maximum atomic E-state index is 11.6. The van der Waals surface area contributed by atoms with Crippen LogP contribution in [0.3, 0.4) is 0 Å². The third kappa shape index (κ3) is 4.72. The van der Waals surface area contributed by atoms with Crippen LogP contribution >= 0.6 is 0 Å². The first-order valence-electron chi connectivity index (χ1n) is 6.35. The second kappa shape index (κ2) is 7.28. The van der Waals surface area contributed by atoms with E-state index in [1.54, 1.807) is 31.2 Å². The van der Waals surface area contributed by atoms with E-state index >= 15 is 0 Å². The van der Waals surface area contributed by atoms with E-state index in [2.05, 4.69) is 10.6 Å². The molecule has 0 aliphatic heterocycles. The summed E-state index contributed by atoms with van der Waals surface area (Å²) in [6, 6.07) is 5.88. The molecule has 20 heavy (non-hydrogen) atoms. The fourth-order valence-corrected chi connectivity index (χ4v) is 1.59. The monoisotopic (exact) mass is 278 g/mol. The van der Waals surface area contributed by atoms with Crippen molar-refractivity contribution >= 4 is 23.5 Å². The third-order valence-corrected chi connectivity index (χ3v) is 2.70. The number of carbonyl (C=O) groups is 3. The van der Waals surface area contributed by atoms with Gasteiger partial charge in [0, 0.05) is 5.69 Å². The number of rotatable bonds is 5. The van der Waals surface area contributed by atoms with Crippen molar-refractivity contribution < 1.29 is 19.5 Å². The second-order valence-electron chi connectivity index (χ2n) is 4.47. The minimum absolute atomic E-state index is 0.277. The SMILES string of the molecule is CCC[C@H](NC(=O)C(=O)Nc1ccc(C)cc1)C(=O)O. The van der Waals surface area contributed by atoms with Gasteiger partial charge in [-0.3, -0.25) is 9.59 Å². The molecule has 1 rings (SSSR count). The van der Waals surface area contributed by atoms with Gasteiger partial charge in [0.1, 0.15) is 6.04 Å². The van der Waals surface area contributed by atoms with Gasteiger partial charge in [-0.05, 0) is 25.5 Å². The number of carbonyl (C=O) groups excluding carboxylic acids is 2. The number of carboxylic acids is 1. The second-order valence-corrected chi connectivity index (χ2v) is 4.47. The summed E-state index contributed by atoms with van der Waals surface area (Å²) in [6.07, 6.45) is 0.871. The Morgan fingerprint density at radius 1 is 1.15 bits per heavy atom. The Kier molecular flexibility index (Phi) is 5.71. The molecule has 108 valence electrons. The standard InChI is InChI=1S/C14H18N2O4/c1-3-4-11(14(19)20)16-13(18)12(17)15-10-7-5-9(2)6-8-10/h5-8,11H,3-4H2,1-2H3,(H,15,17)(H,16,18)(H,19,20)/t11-/m0/s1. The van der Waals surface area contributed by atoms with Gasteiger partial charge < -0.3 is 15.7 Å². The predicted molar refractivity (Wildman–Crippen MR) is 74.3 cm³/mol. The number of hydrogen-bond acceptors (Lipinski definition) is 3. The Hall–Kier alpha value is -2.37. The number of nitrogens with one attached hydrogen (secondary N) is 2. The molecule has 0 unspecified atom stereocenters. The van der Waals surface area contributed by atoms with Gasteiger partial charge in [0.2, 0.25) is 0 Å². The molecule has 1 aromatic carbocycles. The number of carboxylic acid groups (broad SMARTS) is 1. The molecule has 2 amide bonds. The van der Waals surface area contributed by atoms with E-state index < -0.39 is 23.8 Å². The van der Waals surface area contributed by atoms with Gasteiger partial charge in [-0.15, -0.1) is 0 Å². The predicted octanol–water partition coefficient (Wildman–Crippen LogP) is 1.30. The highest BCUT2D eigenvalue weighted by Crippen LogP contribution is 2.08. The number of aryl methyl sites for hydroxylation is 1. The molecule has 1 atom stereocenters. The fraction of sp³-hybridized carbons (Fsp3) is 0.357. The fourth-order valence-electron chi connectivity index (χ4n) is 1.59. The lowest BCUT2D eigenvalue weighted by Gasteiger charge is -2.13.